The maximum Gasteiger partial charge on any atom is 0.305 e. The van der Waals surface area contributed by atoms with Gasteiger partial charge in [0.2, 0.25) is 0 Å². The lowest BCUT2D eigenvalue weighted by Gasteiger charge is -2.15. The monoisotopic (exact) mass is 319 g/mol. The van der Waals surface area contributed by atoms with Crippen LogP contribution in [0.25, 0.3) is 0 Å². The summed E-state index contributed by atoms with van der Waals surface area (Å²) in [5, 5.41) is 17.1. The van der Waals surface area contributed by atoms with E-state index in [2.05, 4.69) is 10.2 Å². The van der Waals surface area contributed by atoms with Crippen LogP contribution >= 0.6 is 0 Å². The van der Waals surface area contributed by atoms with Crippen LogP contribution in [0.2, 0.25) is 0 Å². The third-order valence-electron chi connectivity index (χ3n) is 3.56. The van der Waals surface area contributed by atoms with Gasteiger partial charge in [0.05, 0.1) is 30.4 Å². The molecule has 2 heterocycles. The number of aliphatic carboxylic acids is 1. The van der Waals surface area contributed by atoms with Crippen molar-refractivity contribution < 1.29 is 14.7 Å². The molecule has 2 aromatic heterocycles. The normalized spacial score (nSPS) is 10.7. The lowest BCUT2D eigenvalue weighted by atomic mass is 10.2. The van der Waals surface area contributed by atoms with Crippen molar-refractivity contribution in [3.05, 3.63) is 35.4 Å². The van der Waals surface area contributed by atoms with Gasteiger partial charge in [0, 0.05) is 38.1 Å². The Hall–Kier alpha value is -2.64. The number of hydrogen-bond donors (Lipinski definition) is 1. The van der Waals surface area contributed by atoms with Gasteiger partial charge >= 0.3 is 5.97 Å². The van der Waals surface area contributed by atoms with Crippen molar-refractivity contribution in [2.45, 2.75) is 39.9 Å². The quantitative estimate of drug-likeness (QED) is 0.826. The maximum absolute atomic E-state index is 12.4. The molecule has 0 aliphatic carbocycles. The van der Waals surface area contributed by atoms with E-state index in [4.69, 9.17) is 5.11 Å². The Balaban J connectivity index is 2.01. The molecule has 8 heteroatoms. The van der Waals surface area contributed by atoms with Gasteiger partial charge in [0.25, 0.3) is 5.91 Å². The van der Waals surface area contributed by atoms with Gasteiger partial charge in [0.1, 0.15) is 0 Å². The number of aryl methyl sites for hydroxylation is 3. The zero-order valence-corrected chi connectivity index (χ0v) is 13.6. The highest BCUT2D eigenvalue weighted by atomic mass is 16.4. The molecule has 0 atom stereocenters. The standard InChI is InChI=1S/C15H21N5O3/c1-4-19-10-13(11(2)17-19)8-18(3)15(23)12-7-16-20(9-12)6-5-14(21)22/h7,9-10H,4-6,8H2,1-3H3,(H,21,22). The molecule has 0 aromatic carbocycles. The van der Waals surface area contributed by atoms with Crippen LogP contribution in [0, 0.1) is 6.92 Å². The molecular weight excluding hydrogens is 298 g/mol. The number of hydrogen-bond acceptors (Lipinski definition) is 4. The van der Waals surface area contributed by atoms with Crippen LogP contribution in [0.5, 0.6) is 0 Å². The smallest absolute Gasteiger partial charge is 0.305 e. The molecule has 23 heavy (non-hydrogen) atoms. The summed E-state index contributed by atoms with van der Waals surface area (Å²) in [6, 6.07) is 0. The topological polar surface area (TPSA) is 93.2 Å². The van der Waals surface area contributed by atoms with Crippen molar-refractivity contribution in [1.29, 1.82) is 0 Å². The molecule has 1 N–H and O–H groups in total. The molecule has 0 radical (unpaired) electrons. The van der Waals surface area contributed by atoms with Crippen LogP contribution in [-0.4, -0.2) is 48.5 Å². The third kappa shape index (κ3) is 4.18. The highest BCUT2D eigenvalue weighted by Gasteiger charge is 2.16. The highest BCUT2D eigenvalue weighted by molar-refractivity contribution is 5.93. The van der Waals surface area contributed by atoms with Crippen molar-refractivity contribution in [2.75, 3.05) is 7.05 Å². The summed E-state index contributed by atoms with van der Waals surface area (Å²) in [5.74, 6) is -1.05. The second-order valence-corrected chi connectivity index (χ2v) is 5.39. The second kappa shape index (κ2) is 7.08. The molecule has 0 aliphatic rings. The van der Waals surface area contributed by atoms with Crippen LogP contribution in [0.4, 0.5) is 0 Å². The first kappa shape index (κ1) is 16.7. The van der Waals surface area contributed by atoms with Crippen molar-refractivity contribution in [3.63, 3.8) is 0 Å². The summed E-state index contributed by atoms with van der Waals surface area (Å²) < 4.78 is 3.31. The Morgan fingerprint density at radius 1 is 1.30 bits per heavy atom. The van der Waals surface area contributed by atoms with Crippen LogP contribution in [0.15, 0.2) is 18.6 Å². The van der Waals surface area contributed by atoms with Gasteiger partial charge in [-0.25, -0.2) is 0 Å². The van der Waals surface area contributed by atoms with Crippen LogP contribution < -0.4 is 0 Å². The van der Waals surface area contributed by atoms with Crippen molar-refractivity contribution in [1.82, 2.24) is 24.5 Å². The van der Waals surface area contributed by atoms with Crippen molar-refractivity contribution in [2.24, 2.45) is 0 Å². The molecule has 8 nitrogen and oxygen atoms in total. The van der Waals surface area contributed by atoms with E-state index in [9.17, 15) is 9.59 Å². The van der Waals surface area contributed by atoms with E-state index < -0.39 is 5.97 Å². The molecule has 0 saturated heterocycles. The minimum atomic E-state index is -0.895. The van der Waals surface area contributed by atoms with Crippen molar-refractivity contribution >= 4 is 11.9 Å². The van der Waals surface area contributed by atoms with Gasteiger partial charge in [0.15, 0.2) is 0 Å². The predicted octanol–water partition coefficient (Wildman–Crippen LogP) is 1.15. The van der Waals surface area contributed by atoms with E-state index in [0.29, 0.717) is 12.1 Å². The largest absolute Gasteiger partial charge is 0.481 e. The number of amides is 1. The predicted molar refractivity (Wildman–Crippen MR) is 82.9 cm³/mol. The number of aromatic nitrogens is 4. The minimum Gasteiger partial charge on any atom is -0.481 e. The van der Waals surface area contributed by atoms with Crippen molar-refractivity contribution in [3.8, 4) is 0 Å². The summed E-state index contributed by atoms with van der Waals surface area (Å²) in [5.41, 5.74) is 2.35. The Labute approximate surface area is 134 Å². The van der Waals surface area contributed by atoms with E-state index in [-0.39, 0.29) is 18.9 Å². The minimum absolute atomic E-state index is 0.0272. The molecule has 1 amide bonds. The summed E-state index contributed by atoms with van der Waals surface area (Å²) >= 11 is 0. The number of carboxylic acids is 1. The number of carbonyl (C=O) groups excluding carboxylic acids is 1. The lowest BCUT2D eigenvalue weighted by Crippen LogP contribution is -2.26. The van der Waals surface area contributed by atoms with Gasteiger partial charge in [-0.1, -0.05) is 0 Å². The van der Waals surface area contributed by atoms with E-state index in [1.54, 1.807) is 18.1 Å². The Morgan fingerprint density at radius 3 is 2.65 bits per heavy atom. The summed E-state index contributed by atoms with van der Waals surface area (Å²) in [7, 11) is 1.72. The fourth-order valence-electron chi connectivity index (χ4n) is 2.23. The molecule has 0 saturated carbocycles. The SMILES string of the molecule is CCn1cc(CN(C)C(=O)c2cnn(CCC(=O)O)c2)c(C)n1. The summed E-state index contributed by atoms with van der Waals surface area (Å²) in [6.45, 7) is 5.43. The van der Waals surface area contributed by atoms with E-state index in [0.717, 1.165) is 17.8 Å². The summed E-state index contributed by atoms with van der Waals surface area (Å²) in [4.78, 5) is 24.6. The molecule has 2 aromatic rings. The average Bonchev–Trinajstić information content (AvgIpc) is 3.11. The Morgan fingerprint density at radius 2 is 2.04 bits per heavy atom. The van der Waals surface area contributed by atoms with Gasteiger partial charge in [-0.2, -0.15) is 10.2 Å². The number of nitrogens with zero attached hydrogens (tertiary/aromatic N) is 5. The van der Waals surface area contributed by atoms with E-state index in [1.807, 2.05) is 24.7 Å². The highest BCUT2D eigenvalue weighted by Crippen LogP contribution is 2.11. The fraction of sp³-hybridized carbons (Fsp3) is 0.467. The Bertz CT molecular complexity index is 704. The number of carbonyl (C=O) groups is 2. The van der Waals surface area contributed by atoms with Gasteiger partial charge in [-0.05, 0) is 13.8 Å². The van der Waals surface area contributed by atoms with Crippen LogP contribution in [-0.2, 0) is 24.4 Å². The molecule has 0 bridgehead atoms. The summed E-state index contributed by atoms with van der Waals surface area (Å²) in [6.07, 6.45) is 4.95. The van der Waals surface area contributed by atoms with Crippen LogP contribution in [0.1, 0.15) is 35.0 Å². The first-order valence-corrected chi connectivity index (χ1v) is 7.43. The second-order valence-electron chi connectivity index (χ2n) is 5.39. The number of carboxylic acid groups (broad SMARTS) is 1. The van der Waals surface area contributed by atoms with E-state index in [1.165, 1.54) is 10.9 Å². The molecule has 0 fully saturated rings. The van der Waals surface area contributed by atoms with E-state index >= 15 is 0 Å². The fourth-order valence-corrected chi connectivity index (χ4v) is 2.23. The Kier molecular flexibility index (Phi) is 5.15. The lowest BCUT2D eigenvalue weighted by molar-refractivity contribution is -0.137. The first-order chi connectivity index (χ1) is 10.9. The first-order valence-electron chi connectivity index (χ1n) is 7.43. The molecular formula is C15H21N5O3. The molecule has 2 rings (SSSR count). The zero-order chi connectivity index (χ0) is 17.0. The third-order valence-corrected chi connectivity index (χ3v) is 3.56. The molecule has 0 spiro atoms. The van der Waals surface area contributed by atoms with Crippen LogP contribution in [0.3, 0.4) is 0 Å². The maximum atomic E-state index is 12.4. The van der Waals surface area contributed by atoms with Gasteiger partial charge in [-0.15, -0.1) is 0 Å². The number of rotatable bonds is 7. The molecule has 0 unspecified atom stereocenters. The zero-order valence-electron chi connectivity index (χ0n) is 13.6. The molecule has 0 aliphatic heterocycles. The average molecular weight is 319 g/mol. The van der Waals surface area contributed by atoms with Gasteiger partial charge in [-0.3, -0.25) is 19.0 Å². The van der Waals surface area contributed by atoms with Gasteiger partial charge < -0.3 is 10.0 Å². The molecule has 124 valence electrons.